The molecule has 0 fully saturated rings. The lowest BCUT2D eigenvalue weighted by atomic mass is 10.1. The number of aromatic amines is 1. The maximum absolute atomic E-state index is 12.2. The summed E-state index contributed by atoms with van der Waals surface area (Å²) < 4.78 is 10.4. The van der Waals surface area contributed by atoms with E-state index in [1.165, 1.54) is 0 Å². The Bertz CT molecular complexity index is 917. The summed E-state index contributed by atoms with van der Waals surface area (Å²) in [5.74, 6) is 1.06. The maximum Gasteiger partial charge on any atom is 0.289 e. The van der Waals surface area contributed by atoms with E-state index in [-0.39, 0.29) is 5.91 Å². The van der Waals surface area contributed by atoms with Gasteiger partial charge in [-0.15, -0.1) is 0 Å². The van der Waals surface area contributed by atoms with Crippen molar-refractivity contribution in [3.05, 3.63) is 65.9 Å². The van der Waals surface area contributed by atoms with Gasteiger partial charge in [0.2, 0.25) is 0 Å². The molecule has 2 N–H and O–H groups in total. The van der Waals surface area contributed by atoms with E-state index in [0.29, 0.717) is 17.1 Å². The maximum atomic E-state index is 12.2. The molecule has 0 radical (unpaired) electrons. The molecule has 0 aliphatic heterocycles. The van der Waals surface area contributed by atoms with Crippen LogP contribution in [0, 0.1) is 0 Å². The van der Waals surface area contributed by atoms with Crippen molar-refractivity contribution >= 4 is 12.1 Å². The number of aromatic nitrogens is 2. The highest BCUT2D eigenvalue weighted by molar-refractivity contribution is 5.94. The zero-order chi connectivity index (χ0) is 18.4. The number of rotatable bonds is 6. The van der Waals surface area contributed by atoms with E-state index in [0.717, 1.165) is 16.9 Å². The van der Waals surface area contributed by atoms with Gasteiger partial charge in [0, 0.05) is 5.56 Å². The fraction of sp³-hybridized carbons (Fsp3) is 0.105. The molecule has 0 spiro atoms. The molecule has 3 rings (SSSR count). The third-order valence-corrected chi connectivity index (χ3v) is 3.70. The van der Waals surface area contributed by atoms with Gasteiger partial charge in [0.05, 0.1) is 26.1 Å². The molecule has 0 unspecified atom stereocenters. The molecule has 1 heterocycles. The Kier molecular flexibility index (Phi) is 5.28. The monoisotopic (exact) mass is 350 g/mol. The topological polar surface area (TPSA) is 88.6 Å². The molecule has 3 aromatic rings. The van der Waals surface area contributed by atoms with Gasteiger partial charge < -0.3 is 9.47 Å². The average Bonchev–Trinajstić information content (AvgIpc) is 3.18. The van der Waals surface area contributed by atoms with Crippen LogP contribution >= 0.6 is 0 Å². The van der Waals surface area contributed by atoms with Gasteiger partial charge in [0.1, 0.15) is 17.2 Å². The van der Waals surface area contributed by atoms with Crippen molar-refractivity contribution in [3.63, 3.8) is 0 Å². The lowest BCUT2D eigenvalue weighted by molar-refractivity contribution is 0.0950. The number of H-pyrrole nitrogens is 1. The van der Waals surface area contributed by atoms with Crippen molar-refractivity contribution in [3.8, 4) is 22.8 Å². The quantitative estimate of drug-likeness (QED) is 0.528. The second kappa shape index (κ2) is 7.98. The Labute approximate surface area is 150 Å². The summed E-state index contributed by atoms with van der Waals surface area (Å²) in [6, 6.07) is 16.4. The van der Waals surface area contributed by atoms with Crippen LogP contribution in [0.4, 0.5) is 0 Å². The van der Waals surface area contributed by atoms with Crippen LogP contribution in [0.25, 0.3) is 11.3 Å². The first-order chi connectivity index (χ1) is 12.7. The van der Waals surface area contributed by atoms with Gasteiger partial charge in [-0.1, -0.05) is 12.1 Å². The predicted molar refractivity (Wildman–Crippen MR) is 98.6 cm³/mol. The molecule has 0 saturated carbocycles. The minimum atomic E-state index is -0.386. The Hall–Kier alpha value is -3.61. The largest absolute Gasteiger partial charge is 0.497 e. The molecule has 132 valence electrons. The summed E-state index contributed by atoms with van der Waals surface area (Å²) in [7, 11) is 3.19. The van der Waals surface area contributed by atoms with Crippen molar-refractivity contribution in [1.29, 1.82) is 0 Å². The first-order valence-electron chi connectivity index (χ1n) is 7.87. The fourth-order valence-corrected chi connectivity index (χ4v) is 2.35. The molecule has 2 aromatic carbocycles. The Morgan fingerprint density at radius 1 is 1.12 bits per heavy atom. The number of hydrogen-bond acceptors (Lipinski definition) is 5. The van der Waals surface area contributed by atoms with Crippen LogP contribution < -0.4 is 14.9 Å². The average molecular weight is 350 g/mol. The van der Waals surface area contributed by atoms with Crippen molar-refractivity contribution in [2.45, 2.75) is 0 Å². The summed E-state index contributed by atoms with van der Waals surface area (Å²) in [6.07, 6.45) is 1.55. The number of carbonyl (C=O) groups is 1. The van der Waals surface area contributed by atoms with Crippen molar-refractivity contribution in [1.82, 2.24) is 15.6 Å². The van der Waals surface area contributed by atoms with E-state index in [2.05, 4.69) is 20.7 Å². The number of hydrogen-bond donors (Lipinski definition) is 2. The van der Waals surface area contributed by atoms with Crippen LogP contribution in [-0.2, 0) is 0 Å². The van der Waals surface area contributed by atoms with E-state index in [9.17, 15) is 4.79 Å². The van der Waals surface area contributed by atoms with Crippen LogP contribution in [0.2, 0.25) is 0 Å². The zero-order valence-corrected chi connectivity index (χ0v) is 14.4. The lowest BCUT2D eigenvalue weighted by Crippen LogP contribution is -2.17. The number of para-hydroxylation sites is 1. The molecule has 0 aliphatic rings. The Morgan fingerprint density at radius 3 is 2.62 bits per heavy atom. The van der Waals surface area contributed by atoms with Gasteiger partial charge >= 0.3 is 0 Å². The predicted octanol–water partition coefficient (Wildman–Crippen LogP) is 2.86. The number of methoxy groups -OCH3 is 2. The number of amides is 1. The molecule has 0 atom stereocenters. The number of ether oxygens (including phenoxy) is 2. The van der Waals surface area contributed by atoms with E-state index >= 15 is 0 Å². The summed E-state index contributed by atoms with van der Waals surface area (Å²) in [4.78, 5) is 12.2. The SMILES string of the molecule is COc1ccc(/C=N/NC(=O)c2cc(-c3ccccc3OC)n[nH]2)cc1. The molecule has 1 aromatic heterocycles. The van der Waals surface area contributed by atoms with Crippen LogP contribution in [0.15, 0.2) is 59.7 Å². The Morgan fingerprint density at radius 2 is 1.88 bits per heavy atom. The summed E-state index contributed by atoms with van der Waals surface area (Å²) in [5.41, 5.74) is 5.02. The highest BCUT2D eigenvalue weighted by Gasteiger charge is 2.13. The standard InChI is InChI=1S/C19H18N4O3/c1-25-14-9-7-13(8-10-14)12-20-23-19(24)17-11-16(21-22-17)15-5-3-4-6-18(15)26-2/h3-12H,1-2H3,(H,21,22)(H,23,24)/b20-12+. The van der Waals surface area contributed by atoms with E-state index in [4.69, 9.17) is 9.47 Å². The molecule has 1 amide bonds. The third-order valence-electron chi connectivity index (χ3n) is 3.70. The number of benzene rings is 2. The molecule has 7 nitrogen and oxygen atoms in total. The fourth-order valence-electron chi connectivity index (χ4n) is 2.35. The zero-order valence-electron chi connectivity index (χ0n) is 14.4. The van der Waals surface area contributed by atoms with Gasteiger partial charge in [0.15, 0.2) is 0 Å². The number of carbonyl (C=O) groups excluding carboxylic acids is 1. The molecular weight excluding hydrogens is 332 g/mol. The smallest absolute Gasteiger partial charge is 0.289 e. The summed E-state index contributed by atoms with van der Waals surface area (Å²) in [6.45, 7) is 0. The van der Waals surface area contributed by atoms with Crippen molar-refractivity contribution in [2.24, 2.45) is 5.10 Å². The highest BCUT2D eigenvalue weighted by atomic mass is 16.5. The molecular formula is C19H18N4O3. The van der Waals surface area contributed by atoms with Crippen LogP contribution in [0.1, 0.15) is 16.1 Å². The van der Waals surface area contributed by atoms with E-state index in [1.807, 2.05) is 48.5 Å². The second-order valence-corrected chi connectivity index (χ2v) is 5.34. The van der Waals surface area contributed by atoms with Crippen LogP contribution in [0.3, 0.4) is 0 Å². The van der Waals surface area contributed by atoms with E-state index < -0.39 is 0 Å². The van der Waals surface area contributed by atoms with E-state index in [1.54, 1.807) is 26.5 Å². The normalized spacial score (nSPS) is 10.7. The van der Waals surface area contributed by atoms with Gasteiger partial charge in [0.25, 0.3) is 5.91 Å². The first kappa shape index (κ1) is 17.2. The first-order valence-corrected chi connectivity index (χ1v) is 7.87. The second-order valence-electron chi connectivity index (χ2n) is 5.34. The van der Waals surface area contributed by atoms with Gasteiger partial charge in [-0.25, -0.2) is 5.43 Å². The van der Waals surface area contributed by atoms with Gasteiger partial charge in [-0.3, -0.25) is 9.89 Å². The number of hydrazone groups is 1. The summed E-state index contributed by atoms with van der Waals surface area (Å²) >= 11 is 0. The van der Waals surface area contributed by atoms with Crippen molar-refractivity contribution < 1.29 is 14.3 Å². The molecule has 7 heteroatoms. The minimum Gasteiger partial charge on any atom is -0.497 e. The van der Waals surface area contributed by atoms with Gasteiger partial charge in [-0.05, 0) is 48.0 Å². The molecule has 0 aliphatic carbocycles. The van der Waals surface area contributed by atoms with Crippen molar-refractivity contribution in [2.75, 3.05) is 14.2 Å². The minimum absolute atomic E-state index is 0.304. The summed E-state index contributed by atoms with van der Waals surface area (Å²) in [5, 5.41) is 10.8. The van der Waals surface area contributed by atoms with Crippen LogP contribution in [-0.4, -0.2) is 36.5 Å². The third kappa shape index (κ3) is 3.89. The van der Waals surface area contributed by atoms with Gasteiger partial charge in [-0.2, -0.15) is 10.2 Å². The Balaban J connectivity index is 1.67. The number of nitrogens with zero attached hydrogens (tertiary/aromatic N) is 2. The number of nitrogens with one attached hydrogen (secondary N) is 2. The highest BCUT2D eigenvalue weighted by Crippen LogP contribution is 2.28. The molecule has 0 bridgehead atoms. The molecule has 26 heavy (non-hydrogen) atoms. The van der Waals surface area contributed by atoms with Crippen LogP contribution in [0.5, 0.6) is 11.5 Å². The lowest BCUT2D eigenvalue weighted by Gasteiger charge is -2.04. The molecule has 0 saturated heterocycles.